The third-order valence-electron chi connectivity index (χ3n) is 5.25. The second-order valence-corrected chi connectivity index (χ2v) is 12.3. The van der Waals surface area contributed by atoms with Crippen LogP contribution in [-0.4, -0.2) is 11.1 Å². The van der Waals surface area contributed by atoms with Gasteiger partial charge in [-0.2, -0.15) is 0 Å². The number of hydrogen-bond acceptors (Lipinski definition) is 3. The number of halogens is 1. The van der Waals surface area contributed by atoms with Crippen LogP contribution in [0, 0.1) is 10.5 Å². The summed E-state index contributed by atoms with van der Waals surface area (Å²) in [6, 6.07) is 7.70. The van der Waals surface area contributed by atoms with Crippen molar-refractivity contribution in [2.45, 2.75) is 85.5 Å². The van der Waals surface area contributed by atoms with Gasteiger partial charge in [-0.3, -0.25) is 0 Å². The number of carbonyl (C=O) groups excluding carboxylic acids is 1. The number of ether oxygens (including phenoxy) is 1. The average Bonchev–Trinajstić information content (AvgIpc) is 2.55. The minimum Gasteiger partial charge on any atom is -0.507 e. The van der Waals surface area contributed by atoms with E-state index in [1.165, 1.54) is 5.56 Å². The maximum atomic E-state index is 13.2. The Morgan fingerprint density at radius 3 is 1.83 bits per heavy atom. The number of carbonyl (C=O) groups is 1. The van der Waals surface area contributed by atoms with Crippen molar-refractivity contribution < 1.29 is 14.6 Å². The fourth-order valence-electron chi connectivity index (χ4n) is 3.34. The van der Waals surface area contributed by atoms with Crippen LogP contribution in [0.25, 0.3) is 0 Å². The minimum absolute atomic E-state index is 0.00196. The fraction of sp³-hybridized carbons (Fsp3) is 0.500. The predicted octanol–water partition coefficient (Wildman–Crippen LogP) is 7.42. The maximum Gasteiger partial charge on any atom is 0.343 e. The lowest BCUT2D eigenvalue weighted by molar-refractivity contribution is 0.0730. The summed E-state index contributed by atoms with van der Waals surface area (Å²) in [6.45, 7) is 21.0. The Morgan fingerprint density at radius 1 is 0.833 bits per heavy atom. The van der Waals surface area contributed by atoms with Gasteiger partial charge in [0, 0.05) is 11.1 Å². The Bertz CT molecular complexity index is 968. The van der Waals surface area contributed by atoms with Crippen molar-refractivity contribution in [1.29, 1.82) is 0 Å². The monoisotopic (exact) mass is 522 g/mol. The molecule has 0 heterocycles. The Hall–Kier alpha value is -1.56. The molecule has 0 aliphatic carbocycles. The summed E-state index contributed by atoms with van der Waals surface area (Å²) >= 11 is 2.06. The van der Waals surface area contributed by atoms with Crippen LogP contribution >= 0.6 is 22.6 Å². The molecule has 0 aliphatic rings. The molecule has 4 heteroatoms. The maximum absolute atomic E-state index is 13.2. The lowest BCUT2D eigenvalue weighted by atomic mass is 9.79. The van der Waals surface area contributed by atoms with Crippen LogP contribution in [0.15, 0.2) is 24.3 Å². The van der Waals surface area contributed by atoms with Gasteiger partial charge < -0.3 is 9.84 Å². The standard InChI is InChI=1S/C26H35IO3/c1-15-11-17(24(2,3)4)14-19(26(8,9)10)22(15)30-23(29)16-12-18(25(5,6)7)21(28)20(27)13-16/h11-14,28H,1-10H3. The smallest absolute Gasteiger partial charge is 0.343 e. The van der Waals surface area contributed by atoms with Crippen LogP contribution in [0.4, 0.5) is 0 Å². The van der Waals surface area contributed by atoms with Gasteiger partial charge in [-0.1, -0.05) is 74.4 Å². The minimum atomic E-state index is -0.407. The van der Waals surface area contributed by atoms with Crippen LogP contribution in [-0.2, 0) is 16.2 Å². The Kier molecular flexibility index (Phi) is 6.73. The first-order chi connectivity index (χ1) is 13.4. The normalized spacial score (nSPS) is 12.8. The van der Waals surface area contributed by atoms with E-state index in [2.05, 4.69) is 76.3 Å². The van der Waals surface area contributed by atoms with Crippen molar-refractivity contribution in [2.75, 3.05) is 0 Å². The van der Waals surface area contributed by atoms with Crippen LogP contribution in [0.2, 0.25) is 0 Å². The van der Waals surface area contributed by atoms with E-state index in [1.807, 2.05) is 27.7 Å². The Morgan fingerprint density at radius 2 is 1.37 bits per heavy atom. The third kappa shape index (κ3) is 5.37. The molecule has 30 heavy (non-hydrogen) atoms. The van der Waals surface area contributed by atoms with Gasteiger partial charge in [0.2, 0.25) is 0 Å². The van der Waals surface area contributed by atoms with E-state index >= 15 is 0 Å². The molecule has 3 nitrogen and oxygen atoms in total. The van der Waals surface area contributed by atoms with E-state index in [0.29, 0.717) is 14.9 Å². The zero-order chi connectivity index (χ0) is 23.2. The van der Waals surface area contributed by atoms with Gasteiger partial charge in [-0.25, -0.2) is 4.79 Å². The number of aryl methyl sites for hydroxylation is 1. The second-order valence-electron chi connectivity index (χ2n) is 11.2. The quantitative estimate of drug-likeness (QED) is 0.254. The highest BCUT2D eigenvalue weighted by atomic mass is 127. The van der Waals surface area contributed by atoms with Gasteiger partial charge in [0.25, 0.3) is 0 Å². The number of esters is 1. The van der Waals surface area contributed by atoms with E-state index in [0.717, 1.165) is 16.7 Å². The van der Waals surface area contributed by atoms with E-state index in [9.17, 15) is 9.90 Å². The summed E-state index contributed by atoms with van der Waals surface area (Å²) in [4.78, 5) is 13.2. The van der Waals surface area contributed by atoms with Crippen molar-refractivity contribution >= 4 is 28.6 Å². The van der Waals surface area contributed by atoms with Gasteiger partial charge in [0.05, 0.1) is 9.13 Å². The molecule has 0 saturated carbocycles. The molecule has 0 unspecified atom stereocenters. The number of hydrogen-bond donors (Lipinski definition) is 1. The fourth-order valence-corrected chi connectivity index (χ4v) is 3.97. The van der Waals surface area contributed by atoms with Crippen molar-refractivity contribution in [3.63, 3.8) is 0 Å². The molecule has 0 saturated heterocycles. The molecule has 0 bridgehead atoms. The lowest BCUT2D eigenvalue weighted by Crippen LogP contribution is -2.21. The number of rotatable bonds is 2. The van der Waals surface area contributed by atoms with Gasteiger partial charge >= 0.3 is 5.97 Å². The van der Waals surface area contributed by atoms with Crippen molar-refractivity contribution in [1.82, 2.24) is 0 Å². The topological polar surface area (TPSA) is 46.5 Å². The molecular weight excluding hydrogens is 487 g/mol. The SMILES string of the molecule is Cc1cc(C(C)(C)C)cc(C(C)(C)C)c1OC(=O)c1cc(I)c(O)c(C(C)(C)C)c1. The first kappa shape index (κ1) is 24.7. The first-order valence-corrected chi connectivity index (χ1v) is 11.4. The average molecular weight is 522 g/mol. The molecule has 0 spiro atoms. The molecule has 2 aromatic rings. The predicted molar refractivity (Wildman–Crippen MR) is 133 cm³/mol. The van der Waals surface area contributed by atoms with Crippen LogP contribution in [0.5, 0.6) is 11.5 Å². The molecule has 0 aliphatic heterocycles. The molecular formula is C26H35IO3. The summed E-state index contributed by atoms with van der Waals surface area (Å²) < 4.78 is 6.64. The molecule has 0 aromatic heterocycles. The second kappa shape index (κ2) is 8.18. The first-order valence-electron chi connectivity index (χ1n) is 10.3. The molecule has 0 amide bonds. The molecule has 0 fully saturated rings. The largest absolute Gasteiger partial charge is 0.507 e. The lowest BCUT2D eigenvalue weighted by Gasteiger charge is -2.28. The van der Waals surface area contributed by atoms with Gasteiger partial charge in [-0.15, -0.1) is 0 Å². The highest BCUT2D eigenvalue weighted by Gasteiger charge is 2.28. The number of phenolic OH excluding ortho intramolecular Hbond substituents is 1. The van der Waals surface area contributed by atoms with Gasteiger partial charge in [0.15, 0.2) is 0 Å². The summed E-state index contributed by atoms with van der Waals surface area (Å²) in [5.41, 5.74) is 3.90. The van der Waals surface area contributed by atoms with Crippen molar-refractivity contribution in [2.24, 2.45) is 0 Å². The Balaban J connectivity index is 2.58. The van der Waals surface area contributed by atoms with Gasteiger partial charge in [-0.05, 0) is 69.0 Å². The molecule has 2 rings (SSSR count). The van der Waals surface area contributed by atoms with E-state index < -0.39 is 5.97 Å². The summed E-state index contributed by atoms with van der Waals surface area (Å²) in [6.07, 6.45) is 0. The Labute approximate surface area is 195 Å². The van der Waals surface area contributed by atoms with E-state index in [-0.39, 0.29) is 22.0 Å². The van der Waals surface area contributed by atoms with Crippen LogP contribution in [0.1, 0.15) is 94.9 Å². The highest BCUT2D eigenvalue weighted by Crippen LogP contribution is 2.39. The van der Waals surface area contributed by atoms with Crippen molar-refractivity contribution in [3.05, 3.63) is 55.7 Å². The van der Waals surface area contributed by atoms with Crippen molar-refractivity contribution in [3.8, 4) is 11.5 Å². The van der Waals surface area contributed by atoms with Crippen LogP contribution < -0.4 is 4.74 Å². The number of phenols is 1. The molecule has 0 radical (unpaired) electrons. The van der Waals surface area contributed by atoms with Gasteiger partial charge in [0.1, 0.15) is 11.5 Å². The highest BCUT2D eigenvalue weighted by molar-refractivity contribution is 14.1. The molecule has 164 valence electrons. The number of aromatic hydroxyl groups is 1. The molecule has 2 aromatic carbocycles. The summed E-state index contributed by atoms with van der Waals surface area (Å²) in [7, 11) is 0. The molecule has 1 N–H and O–H groups in total. The molecule has 0 atom stereocenters. The zero-order valence-corrected chi connectivity index (χ0v) is 22.1. The van der Waals surface area contributed by atoms with Crippen LogP contribution in [0.3, 0.4) is 0 Å². The summed E-state index contributed by atoms with van der Waals surface area (Å²) in [5, 5.41) is 10.5. The summed E-state index contributed by atoms with van der Waals surface area (Å²) in [5.74, 6) is 0.442. The third-order valence-corrected chi connectivity index (χ3v) is 6.07. The van der Waals surface area contributed by atoms with E-state index in [4.69, 9.17) is 4.74 Å². The number of benzene rings is 2. The zero-order valence-electron chi connectivity index (χ0n) is 20.0. The van der Waals surface area contributed by atoms with E-state index in [1.54, 1.807) is 12.1 Å².